The molecule has 0 spiro atoms. The highest BCUT2D eigenvalue weighted by Crippen LogP contribution is 2.28. The van der Waals surface area contributed by atoms with Crippen LogP contribution in [0.15, 0.2) is 54.6 Å². The smallest absolute Gasteiger partial charge is 0.123 e. The molecule has 0 saturated heterocycles. The van der Waals surface area contributed by atoms with Gasteiger partial charge in [-0.1, -0.05) is 42.5 Å². The largest absolute Gasteiger partial charge is 0.381 e. The Hall–Kier alpha value is -1.67. The summed E-state index contributed by atoms with van der Waals surface area (Å²) in [6.07, 6.45) is 0. The molecule has 0 aromatic heterocycles. The van der Waals surface area contributed by atoms with Crippen molar-refractivity contribution in [1.29, 1.82) is 0 Å². The van der Waals surface area contributed by atoms with Crippen LogP contribution in [-0.2, 0) is 5.60 Å². The first kappa shape index (κ1) is 10.8. The van der Waals surface area contributed by atoms with E-state index < -0.39 is 5.60 Å². The highest BCUT2D eigenvalue weighted by Gasteiger charge is 2.24. The van der Waals surface area contributed by atoms with Crippen LogP contribution >= 0.6 is 0 Å². The molecule has 0 fully saturated rings. The summed E-state index contributed by atoms with van der Waals surface area (Å²) in [5.74, 6) is -0.299. The maximum atomic E-state index is 12.8. The molecular formula is C14H13FO. The fraction of sp³-hybridized carbons (Fsp3) is 0.143. The molecular weight excluding hydrogens is 203 g/mol. The second-order valence-corrected chi connectivity index (χ2v) is 3.95. The third kappa shape index (κ3) is 1.97. The van der Waals surface area contributed by atoms with Crippen LogP contribution in [0.2, 0.25) is 0 Å². The lowest BCUT2D eigenvalue weighted by molar-refractivity contribution is 0.102. The van der Waals surface area contributed by atoms with Crippen molar-refractivity contribution in [3.63, 3.8) is 0 Å². The van der Waals surface area contributed by atoms with E-state index in [4.69, 9.17) is 0 Å². The first-order chi connectivity index (χ1) is 7.60. The average Bonchev–Trinajstić information content (AvgIpc) is 2.31. The van der Waals surface area contributed by atoms with Crippen LogP contribution in [0.1, 0.15) is 18.1 Å². The van der Waals surface area contributed by atoms with E-state index in [1.807, 2.05) is 30.3 Å². The molecule has 0 heterocycles. The van der Waals surface area contributed by atoms with Gasteiger partial charge in [-0.25, -0.2) is 4.39 Å². The van der Waals surface area contributed by atoms with E-state index in [9.17, 15) is 9.50 Å². The summed E-state index contributed by atoms with van der Waals surface area (Å²) in [6, 6.07) is 15.2. The van der Waals surface area contributed by atoms with E-state index >= 15 is 0 Å². The molecule has 0 saturated carbocycles. The van der Waals surface area contributed by atoms with Crippen LogP contribution in [0.4, 0.5) is 4.39 Å². The molecule has 0 aliphatic carbocycles. The Morgan fingerprint density at radius 3 is 1.94 bits per heavy atom. The molecule has 2 aromatic rings. The van der Waals surface area contributed by atoms with E-state index in [0.29, 0.717) is 5.56 Å². The normalized spacial score (nSPS) is 14.4. The highest BCUT2D eigenvalue weighted by molar-refractivity contribution is 5.34. The third-order valence-electron chi connectivity index (χ3n) is 2.74. The zero-order valence-electron chi connectivity index (χ0n) is 9.02. The summed E-state index contributed by atoms with van der Waals surface area (Å²) >= 11 is 0. The summed E-state index contributed by atoms with van der Waals surface area (Å²) in [4.78, 5) is 0. The predicted octanol–water partition coefficient (Wildman–Crippen LogP) is 3.08. The minimum atomic E-state index is -1.09. The Balaban J connectivity index is 2.43. The molecule has 82 valence electrons. The van der Waals surface area contributed by atoms with Crippen LogP contribution in [0, 0.1) is 5.82 Å². The predicted molar refractivity (Wildman–Crippen MR) is 61.5 cm³/mol. The topological polar surface area (TPSA) is 20.2 Å². The van der Waals surface area contributed by atoms with Crippen LogP contribution in [0.25, 0.3) is 0 Å². The summed E-state index contributed by atoms with van der Waals surface area (Å²) < 4.78 is 12.8. The van der Waals surface area contributed by atoms with Crippen LogP contribution in [-0.4, -0.2) is 5.11 Å². The molecule has 0 unspecified atom stereocenters. The van der Waals surface area contributed by atoms with Gasteiger partial charge in [-0.15, -0.1) is 0 Å². The van der Waals surface area contributed by atoms with E-state index in [0.717, 1.165) is 5.56 Å². The Bertz CT molecular complexity index is 460. The van der Waals surface area contributed by atoms with Crippen molar-refractivity contribution in [2.24, 2.45) is 0 Å². The second kappa shape index (κ2) is 4.06. The molecule has 2 heteroatoms. The van der Waals surface area contributed by atoms with Gasteiger partial charge in [-0.3, -0.25) is 0 Å². The Morgan fingerprint density at radius 1 is 0.875 bits per heavy atom. The summed E-state index contributed by atoms with van der Waals surface area (Å²) in [7, 11) is 0. The van der Waals surface area contributed by atoms with Gasteiger partial charge in [0, 0.05) is 0 Å². The van der Waals surface area contributed by atoms with Gasteiger partial charge in [0.25, 0.3) is 0 Å². The number of rotatable bonds is 2. The lowest BCUT2D eigenvalue weighted by Gasteiger charge is -2.24. The molecule has 0 amide bonds. The van der Waals surface area contributed by atoms with E-state index in [2.05, 4.69) is 0 Å². The van der Waals surface area contributed by atoms with Gasteiger partial charge in [0.1, 0.15) is 11.4 Å². The Morgan fingerprint density at radius 2 is 1.38 bits per heavy atom. The number of hydrogen-bond acceptors (Lipinski definition) is 1. The van der Waals surface area contributed by atoms with Gasteiger partial charge in [0.15, 0.2) is 0 Å². The monoisotopic (exact) mass is 216 g/mol. The van der Waals surface area contributed by atoms with Crippen molar-refractivity contribution < 1.29 is 9.50 Å². The number of hydrogen-bond donors (Lipinski definition) is 1. The fourth-order valence-corrected chi connectivity index (χ4v) is 1.70. The quantitative estimate of drug-likeness (QED) is 0.817. The molecule has 2 rings (SSSR count). The van der Waals surface area contributed by atoms with E-state index in [1.165, 1.54) is 12.1 Å². The van der Waals surface area contributed by atoms with Gasteiger partial charge in [-0.05, 0) is 30.2 Å². The van der Waals surface area contributed by atoms with Crippen LogP contribution in [0.3, 0.4) is 0 Å². The fourth-order valence-electron chi connectivity index (χ4n) is 1.70. The SMILES string of the molecule is C[C@](O)(c1ccccc1)c1ccc(F)cc1. The average molecular weight is 216 g/mol. The van der Waals surface area contributed by atoms with E-state index in [-0.39, 0.29) is 5.82 Å². The zero-order valence-corrected chi connectivity index (χ0v) is 9.02. The third-order valence-corrected chi connectivity index (χ3v) is 2.74. The minimum absolute atomic E-state index is 0.299. The first-order valence-electron chi connectivity index (χ1n) is 5.14. The lowest BCUT2D eigenvalue weighted by Crippen LogP contribution is -2.22. The maximum absolute atomic E-state index is 12.8. The van der Waals surface area contributed by atoms with Gasteiger partial charge in [0.05, 0.1) is 0 Å². The number of aliphatic hydroxyl groups is 1. The molecule has 16 heavy (non-hydrogen) atoms. The molecule has 1 N–H and O–H groups in total. The van der Waals surface area contributed by atoms with Gasteiger partial charge < -0.3 is 5.11 Å². The number of benzene rings is 2. The van der Waals surface area contributed by atoms with Crippen LogP contribution in [0.5, 0.6) is 0 Å². The molecule has 0 aliphatic rings. The zero-order chi connectivity index (χ0) is 11.6. The number of halogens is 1. The molecule has 0 aliphatic heterocycles. The lowest BCUT2D eigenvalue weighted by atomic mass is 9.88. The summed E-state index contributed by atoms with van der Waals surface area (Å²) in [5, 5.41) is 10.4. The minimum Gasteiger partial charge on any atom is -0.381 e. The van der Waals surface area contributed by atoms with Crippen LogP contribution < -0.4 is 0 Å². The first-order valence-corrected chi connectivity index (χ1v) is 5.14. The molecule has 1 nitrogen and oxygen atoms in total. The molecule has 2 aromatic carbocycles. The van der Waals surface area contributed by atoms with Gasteiger partial charge in [-0.2, -0.15) is 0 Å². The second-order valence-electron chi connectivity index (χ2n) is 3.95. The molecule has 0 radical (unpaired) electrons. The molecule has 0 bridgehead atoms. The van der Waals surface area contributed by atoms with Crippen molar-refractivity contribution in [1.82, 2.24) is 0 Å². The summed E-state index contributed by atoms with van der Waals surface area (Å²) in [6.45, 7) is 1.70. The van der Waals surface area contributed by atoms with Crippen molar-refractivity contribution in [2.75, 3.05) is 0 Å². The van der Waals surface area contributed by atoms with Crippen molar-refractivity contribution in [3.8, 4) is 0 Å². The Kier molecular flexibility index (Phi) is 2.75. The van der Waals surface area contributed by atoms with Crippen molar-refractivity contribution in [3.05, 3.63) is 71.5 Å². The summed E-state index contributed by atoms with van der Waals surface area (Å²) in [5.41, 5.74) is 0.385. The Labute approximate surface area is 94.2 Å². The maximum Gasteiger partial charge on any atom is 0.123 e. The highest BCUT2D eigenvalue weighted by atomic mass is 19.1. The van der Waals surface area contributed by atoms with Gasteiger partial charge in [0.2, 0.25) is 0 Å². The standard InChI is InChI=1S/C14H13FO/c1-14(16,11-5-3-2-4-6-11)12-7-9-13(15)10-8-12/h2-10,16H,1H3/t14-/m0/s1. The van der Waals surface area contributed by atoms with Crippen molar-refractivity contribution in [2.45, 2.75) is 12.5 Å². The van der Waals surface area contributed by atoms with Crippen molar-refractivity contribution >= 4 is 0 Å². The molecule has 1 atom stereocenters. The van der Waals surface area contributed by atoms with Gasteiger partial charge >= 0.3 is 0 Å². The van der Waals surface area contributed by atoms with E-state index in [1.54, 1.807) is 19.1 Å².